The van der Waals surface area contributed by atoms with Gasteiger partial charge in [-0.25, -0.2) is 8.42 Å². The average Bonchev–Trinajstić information content (AvgIpc) is 1.05. The van der Waals surface area contributed by atoms with E-state index in [4.69, 9.17) is 18.9 Å². The van der Waals surface area contributed by atoms with Gasteiger partial charge in [0.2, 0.25) is 0 Å². The van der Waals surface area contributed by atoms with Crippen LogP contribution in [0.4, 0.5) is 0 Å². The van der Waals surface area contributed by atoms with Crippen LogP contribution in [-0.2, 0) is 67.6 Å². The van der Waals surface area contributed by atoms with Gasteiger partial charge in [0.05, 0.1) is 33.3 Å². The van der Waals surface area contributed by atoms with Crippen molar-refractivity contribution in [1.82, 2.24) is 78.2 Å². The predicted molar refractivity (Wildman–Crippen MR) is 461 cm³/mol. The first-order valence-electron chi connectivity index (χ1n) is 39.5. The third-order valence-electron chi connectivity index (χ3n) is 21.4. The molecule has 0 bridgehead atoms. The number of aromatic nitrogens is 14. The van der Waals surface area contributed by atoms with E-state index in [1.807, 2.05) is 101 Å². The van der Waals surface area contributed by atoms with Crippen molar-refractivity contribution in [3.8, 4) is 67.5 Å². The van der Waals surface area contributed by atoms with E-state index in [1.54, 1.807) is 65.9 Å². The molecule has 1 aliphatic heterocycles. The molecule has 1 aliphatic rings. The Labute approximate surface area is 687 Å². The van der Waals surface area contributed by atoms with Gasteiger partial charge in [-0.15, -0.1) is 40.8 Å². The lowest BCUT2D eigenvalue weighted by Gasteiger charge is -2.15. The molecule has 600 valence electrons. The summed E-state index contributed by atoms with van der Waals surface area (Å²) in [6.45, 7) is 6.89. The van der Waals surface area contributed by atoms with Crippen LogP contribution in [0.2, 0.25) is 0 Å². The highest BCUT2D eigenvalue weighted by Gasteiger charge is 2.22. The molecule has 118 heavy (non-hydrogen) atoms. The summed E-state index contributed by atoms with van der Waals surface area (Å²) >= 11 is 0. The van der Waals surface area contributed by atoms with Crippen molar-refractivity contribution in [2.24, 2.45) is 0 Å². The zero-order valence-corrected chi connectivity index (χ0v) is 68.8. The number of ether oxygens (including phenoxy) is 4. The Kier molecular flexibility index (Phi) is 26.1. The van der Waals surface area contributed by atoms with Crippen LogP contribution in [0.25, 0.3) is 67.1 Å². The predicted octanol–water partition coefficient (Wildman–Crippen LogP) is 15.9. The number of sulfone groups is 1. The Morgan fingerprint density at radius 1 is 0.398 bits per heavy atom. The first kappa shape index (κ1) is 81.3. The van der Waals surface area contributed by atoms with Crippen LogP contribution >= 0.6 is 0 Å². The number of para-hydroxylation sites is 2. The molecular weight excluding hydrogens is 1500 g/mol. The highest BCUT2D eigenvalue weighted by molar-refractivity contribution is 7.90. The molecule has 1 saturated heterocycles. The number of fused-ring (bicyclic) bond motifs is 4. The minimum Gasteiger partial charge on any atom is -0.496 e. The molecule has 17 rings (SSSR count). The minimum absolute atomic E-state index is 0.119. The molecule has 0 unspecified atom stereocenters. The van der Waals surface area contributed by atoms with Crippen molar-refractivity contribution in [3.05, 3.63) is 318 Å². The number of aryl methyl sites for hydroxylation is 10. The van der Waals surface area contributed by atoms with E-state index in [0.29, 0.717) is 11.2 Å². The molecule has 0 aliphatic carbocycles. The largest absolute Gasteiger partial charge is 0.496 e. The SMILES string of the molecule is COc1cc(C)ccc1CCc1ccc(-c2ccc(C(=O)N3CCCC3)cc2)c2nncn12.COc1cc(C)ccc1CCc1ccc(-c2cccnc2)c2nncn12.COc1ccccc1CCc1ccc(-c2cccc(CCN(C)C)c2)c2nncn12.COc1ccccc1CCc1ccc(-c2cncc(S(C)(=O)=O)c2)c2nncn12. The summed E-state index contributed by atoms with van der Waals surface area (Å²) < 4.78 is 53.9. The first-order valence-corrected chi connectivity index (χ1v) is 41.4. The molecule has 24 heteroatoms. The lowest BCUT2D eigenvalue weighted by Crippen LogP contribution is -2.27. The molecular formula is C94H96N16O7S. The summed E-state index contributed by atoms with van der Waals surface area (Å²) in [7, 11) is 7.69. The summed E-state index contributed by atoms with van der Waals surface area (Å²) in [5, 5.41) is 33.9. The van der Waals surface area contributed by atoms with Gasteiger partial charge in [-0.3, -0.25) is 32.4 Å². The number of pyridine rings is 6. The van der Waals surface area contributed by atoms with Crippen LogP contribution in [0.3, 0.4) is 0 Å². The molecule has 0 saturated carbocycles. The van der Waals surface area contributed by atoms with Gasteiger partial charge in [-0.05, 0) is 246 Å². The van der Waals surface area contributed by atoms with Crippen molar-refractivity contribution in [2.75, 3.05) is 68.4 Å². The van der Waals surface area contributed by atoms with Gasteiger partial charge >= 0.3 is 0 Å². The number of benzene rings is 6. The van der Waals surface area contributed by atoms with Gasteiger partial charge < -0.3 is 28.7 Å². The second-order valence-corrected chi connectivity index (χ2v) is 31.6. The summed E-state index contributed by atoms with van der Waals surface area (Å²) in [4.78, 5) is 25.3. The summed E-state index contributed by atoms with van der Waals surface area (Å²) in [6.07, 6.45) is 24.9. The fraction of sp³-hybridized carbons (Fsp3) is 0.245. The van der Waals surface area contributed by atoms with E-state index >= 15 is 0 Å². The molecule has 23 nitrogen and oxygen atoms in total. The third-order valence-corrected chi connectivity index (χ3v) is 22.5. The van der Waals surface area contributed by atoms with Crippen LogP contribution < -0.4 is 18.9 Å². The molecule has 16 aromatic rings. The number of methoxy groups -OCH3 is 4. The fourth-order valence-electron chi connectivity index (χ4n) is 15.0. The van der Waals surface area contributed by atoms with E-state index in [2.05, 4.69) is 212 Å². The summed E-state index contributed by atoms with van der Waals surface area (Å²) in [5.74, 6) is 3.79. The first-order chi connectivity index (χ1) is 57.5. The van der Waals surface area contributed by atoms with E-state index in [-0.39, 0.29) is 10.8 Å². The van der Waals surface area contributed by atoms with Crippen LogP contribution in [0, 0.1) is 13.8 Å². The second-order valence-electron chi connectivity index (χ2n) is 29.6. The van der Waals surface area contributed by atoms with E-state index in [1.165, 1.54) is 62.8 Å². The number of carbonyl (C=O) groups is 1. The lowest BCUT2D eigenvalue weighted by molar-refractivity contribution is 0.0792. The summed E-state index contributed by atoms with van der Waals surface area (Å²) in [5.41, 5.74) is 24.8. The highest BCUT2D eigenvalue weighted by atomic mass is 32.2. The van der Waals surface area contributed by atoms with Crippen LogP contribution in [0.15, 0.2) is 255 Å². The standard InChI is InChI=1S/C27H28N4O2.C25H28N4O.C21H20N4O3S.C21H20N4O/c1-19-5-6-21(25(17-19)33-2)11-12-23-13-14-24(26-29-28-18-31(23)26)20-7-9-22(10-8-20)27(32)30-15-3-4-16-30;1-28(2)16-15-19-7-6-9-21(17-19)23-14-13-22(29-18-26-27-25(23)29)12-11-20-8-4-5-10-24(20)30-3;1-28-20-6-4-3-5-15(20)7-8-17-9-10-19(21-24-23-14-25(17)21)16-11-18(13-22-12-16)29(2,26)27;1-15-5-6-16(20(12-15)26-2)7-8-18-9-10-19(17-4-3-11-22-13-17)21-24-23-14-25(18)21/h5-10,13-14,17-18H,3-4,11-12,15-16H2,1-2H3;4-10,13-14,17-18H,11-12,15-16H2,1-3H3;3-6,9-14H,7-8H2,1-2H3;3-6,9-14H,7-8H2,1-2H3. The van der Waals surface area contributed by atoms with E-state index in [0.717, 1.165) is 186 Å². The van der Waals surface area contributed by atoms with Crippen LogP contribution in [0.1, 0.15) is 84.9 Å². The van der Waals surface area contributed by atoms with Crippen molar-refractivity contribution < 1.29 is 32.2 Å². The number of likely N-dealkylation sites (N-methyl/N-ethyl adjacent to an activating group) is 1. The quantitative estimate of drug-likeness (QED) is 0.0516. The van der Waals surface area contributed by atoms with Gasteiger partial charge in [0.25, 0.3) is 5.91 Å². The zero-order valence-electron chi connectivity index (χ0n) is 68.0. The minimum atomic E-state index is -3.34. The van der Waals surface area contributed by atoms with E-state index in [9.17, 15) is 13.2 Å². The molecule has 11 heterocycles. The maximum absolute atomic E-state index is 12.7. The number of nitrogens with zero attached hydrogens (tertiary/aromatic N) is 16. The van der Waals surface area contributed by atoms with Crippen LogP contribution in [-0.4, -0.2) is 161 Å². The number of carbonyl (C=O) groups excluding carboxylic acids is 1. The molecule has 6 aromatic carbocycles. The topological polar surface area (TPSA) is 241 Å². The Bertz CT molecular complexity index is 6260. The zero-order chi connectivity index (χ0) is 82.1. The monoisotopic (exact) mass is 1590 g/mol. The third kappa shape index (κ3) is 19.3. The molecule has 0 radical (unpaired) electrons. The lowest BCUT2D eigenvalue weighted by atomic mass is 10.0. The molecule has 1 amide bonds. The van der Waals surface area contributed by atoms with E-state index < -0.39 is 9.84 Å². The number of amides is 1. The van der Waals surface area contributed by atoms with Crippen molar-refractivity contribution in [3.63, 3.8) is 0 Å². The van der Waals surface area contributed by atoms with Crippen LogP contribution in [0.5, 0.6) is 23.0 Å². The smallest absolute Gasteiger partial charge is 0.253 e. The molecule has 10 aromatic heterocycles. The van der Waals surface area contributed by atoms with Crippen molar-refractivity contribution in [2.45, 2.75) is 89.4 Å². The van der Waals surface area contributed by atoms with Crippen molar-refractivity contribution >= 4 is 38.3 Å². The van der Waals surface area contributed by atoms with Gasteiger partial charge in [-0.1, -0.05) is 103 Å². The van der Waals surface area contributed by atoms with Gasteiger partial charge in [-0.2, -0.15) is 0 Å². The normalized spacial score (nSPS) is 12.0. The molecule has 0 spiro atoms. The maximum atomic E-state index is 12.7. The Morgan fingerprint density at radius 2 is 0.822 bits per heavy atom. The number of hydrogen-bond donors (Lipinski definition) is 0. The molecule has 1 fully saturated rings. The maximum Gasteiger partial charge on any atom is 0.253 e. The number of likely N-dealkylation sites (tertiary alicyclic amines) is 1. The fourth-order valence-corrected chi connectivity index (χ4v) is 15.6. The number of hydrogen-bond acceptors (Lipinski definition) is 18. The second kappa shape index (κ2) is 38.0. The van der Waals surface area contributed by atoms with Gasteiger partial charge in [0, 0.05) is 112 Å². The molecule has 0 atom stereocenters. The summed E-state index contributed by atoms with van der Waals surface area (Å²) in [6, 6.07) is 67.7. The Hall–Kier alpha value is -13.3. The Morgan fingerprint density at radius 3 is 1.26 bits per heavy atom. The highest BCUT2D eigenvalue weighted by Crippen LogP contribution is 2.33. The average molecular weight is 1590 g/mol. The Balaban J connectivity index is 0.000000130. The number of rotatable bonds is 25. The van der Waals surface area contributed by atoms with Gasteiger partial charge in [0.15, 0.2) is 32.4 Å². The molecule has 0 N–H and O–H groups in total. The van der Waals surface area contributed by atoms with Crippen molar-refractivity contribution in [1.29, 1.82) is 0 Å². The van der Waals surface area contributed by atoms with Gasteiger partial charge in [0.1, 0.15) is 48.3 Å².